The maximum atomic E-state index is 13.5. The number of likely N-dealkylation sites (tertiary alicyclic amines) is 1. The number of carbonyl (C=O) groups is 8. The van der Waals surface area contributed by atoms with Gasteiger partial charge in [0.1, 0.15) is 48.3 Å². The minimum Gasteiger partial charge on any atom is -0.480 e. The standard InChI is InChI=1S/C37H58N8O11/c1-18(2)28(44-33(51)27(38)22(7)47)34(52)39-20(5)30(48)40-21(6)36(54)45-15-11-14-26(45)32(50)42-25(17-46)31(49)43-29(19(3)4)35(53)41-24(37(55)56)16-23-12-9-8-10-13-23/h8-10,12-13,18-22,24-29,46-47H,11,14-17,38H2,1-7H3,(H,39,52)(H,40,48)(H,41,53)(H,42,50)(H,43,49)(H,44,51)(H,55,56)/t20-,21-,22+,24-,25-,26-,27-,28-,29-/m0/s1. The van der Waals surface area contributed by atoms with Crippen molar-refractivity contribution >= 4 is 47.3 Å². The van der Waals surface area contributed by atoms with Crippen molar-refractivity contribution in [2.24, 2.45) is 17.6 Å². The molecule has 0 radical (unpaired) electrons. The number of hydrogen-bond donors (Lipinski definition) is 10. The molecule has 1 aromatic rings. The Hall–Kier alpha value is -5.14. The number of aliphatic hydroxyl groups excluding tert-OH is 2. The average molecular weight is 791 g/mol. The molecule has 312 valence electrons. The molecule has 1 aromatic carbocycles. The second-order valence-corrected chi connectivity index (χ2v) is 14.7. The molecule has 2 rings (SSSR count). The summed E-state index contributed by atoms with van der Waals surface area (Å²) in [6.07, 6.45) is -0.550. The lowest BCUT2D eigenvalue weighted by Crippen LogP contribution is -2.60. The van der Waals surface area contributed by atoms with Crippen LogP contribution in [0.1, 0.15) is 66.9 Å². The first-order valence-electron chi connectivity index (χ1n) is 18.6. The molecule has 11 N–H and O–H groups in total. The highest BCUT2D eigenvalue weighted by Crippen LogP contribution is 2.19. The van der Waals surface area contributed by atoms with Crippen LogP contribution < -0.4 is 37.6 Å². The largest absolute Gasteiger partial charge is 0.480 e. The van der Waals surface area contributed by atoms with Gasteiger partial charge in [-0.3, -0.25) is 33.6 Å². The van der Waals surface area contributed by atoms with Crippen LogP contribution >= 0.6 is 0 Å². The van der Waals surface area contributed by atoms with Crippen LogP contribution in [-0.2, 0) is 44.8 Å². The van der Waals surface area contributed by atoms with E-state index in [0.717, 1.165) is 0 Å². The average Bonchev–Trinajstić information content (AvgIpc) is 3.63. The van der Waals surface area contributed by atoms with Gasteiger partial charge in [-0.2, -0.15) is 0 Å². The van der Waals surface area contributed by atoms with Gasteiger partial charge in [-0.25, -0.2) is 4.79 Å². The highest BCUT2D eigenvalue weighted by molar-refractivity contribution is 5.97. The second kappa shape index (κ2) is 21.8. The van der Waals surface area contributed by atoms with Crippen LogP contribution in [0.4, 0.5) is 0 Å². The smallest absolute Gasteiger partial charge is 0.326 e. The van der Waals surface area contributed by atoms with Crippen LogP contribution in [-0.4, -0.2) is 135 Å². The number of benzene rings is 1. The lowest BCUT2D eigenvalue weighted by atomic mass is 10.0. The van der Waals surface area contributed by atoms with Crippen LogP contribution in [0.3, 0.4) is 0 Å². The van der Waals surface area contributed by atoms with Crippen molar-refractivity contribution in [1.82, 2.24) is 36.8 Å². The molecule has 1 fully saturated rings. The van der Waals surface area contributed by atoms with Crippen LogP contribution in [0.15, 0.2) is 30.3 Å². The van der Waals surface area contributed by atoms with Gasteiger partial charge in [0.25, 0.3) is 0 Å². The predicted molar refractivity (Wildman–Crippen MR) is 202 cm³/mol. The SMILES string of the molecule is CC(C)[C@H](NC(=O)[C@H](CO)NC(=O)[C@@H]1CCCN1C(=O)[C@H](C)NC(=O)[C@H](C)NC(=O)[C@@H](NC(=O)[C@@H](N)[C@@H](C)O)C(C)C)C(=O)N[C@@H](Cc1ccccc1)C(=O)O. The van der Waals surface area contributed by atoms with E-state index in [4.69, 9.17) is 5.73 Å². The van der Waals surface area contributed by atoms with E-state index in [9.17, 15) is 53.7 Å². The van der Waals surface area contributed by atoms with Crippen molar-refractivity contribution in [3.8, 4) is 0 Å². The minimum atomic E-state index is -1.53. The first kappa shape index (κ1) is 47.0. The summed E-state index contributed by atoms with van der Waals surface area (Å²) in [5, 5.41) is 44.2. The number of carbonyl (C=O) groups excluding carboxylic acids is 7. The molecule has 0 spiro atoms. The molecule has 1 saturated heterocycles. The molecular formula is C37H58N8O11. The Morgan fingerprint density at radius 1 is 0.714 bits per heavy atom. The Balaban J connectivity index is 2.03. The summed E-state index contributed by atoms with van der Waals surface area (Å²) in [6, 6.07) is -1.13. The van der Waals surface area contributed by atoms with Gasteiger partial charge >= 0.3 is 5.97 Å². The molecule has 0 aliphatic carbocycles. The first-order valence-corrected chi connectivity index (χ1v) is 18.6. The van der Waals surface area contributed by atoms with E-state index in [0.29, 0.717) is 12.0 Å². The molecule has 0 bridgehead atoms. The normalized spacial score (nSPS) is 18.3. The Morgan fingerprint density at radius 3 is 1.77 bits per heavy atom. The third-order valence-electron chi connectivity index (χ3n) is 9.35. The lowest BCUT2D eigenvalue weighted by molar-refractivity contribution is -0.143. The highest BCUT2D eigenvalue weighted by atomic mass is 16.4. The molecular weight excluding hydrogens is 732 g/mol. The summed E-state index contributed by atoms with van der Waals surface area (Å²) in [4.78, 5) is 105. The van der Waals surface area contributed by atoms with E-state index in [1.807, 2.05) is 0 Å². The fraction of sp³-hybridized carbons (Fsp3) is 0.622. The van der Waals surface area contributed by atoms with Crippen molar-refractivity contribution in [3.63, 3.8) is 0 Å². The molecule has 56 heavy (non-hydrogen) atoms. The fourth-order valence-corrected chi connectivity index (χ4v) is 5.89. The van der Waals surface area contributed by atoms with Crippen molar-refractivity contribution in [2.45, 2.75) is 122 Å². The predicted octanol–water partition coefficient (Wildman–Crippen LogP) is -2.73. The maximum Gasteiger partial charge on any atom is 0.326 e. The molecule has 9 atom stereocenters. The number of aliphatic carboxylic acids is 1. The minimum absolute atomic E-state index is 0.00767. The van der Waals surface area contributed by atoms with E-state index >= 15 is 0 Å². The number of carboxylic acids is 1. The number of carboxylic acid groups (broad SMARTS) is 1. The summed E-state index contributed by atoms with van der Waals surface area (Å²) in [5.74, 6) is -7.47. The number of nitrogens with two attached hydrogens (primary N) is 1. The fourth-order valence-electron chi connectivity index (χ4n) is 5.89. The molecule has 19 nitrogen and oxygen atoms in total. The van der Waals surface area contributed by atoms with Gasteiger partial charge in [0.2, 0.25) is 41.4 Å². The monoisotopic (exact) mass is 790 g/mol. The third kappa shape index (κ3) is 13.6. The van der Waals surface area contributed by atoms with Gasteiger partial charge in [0.05, 0.1) is 12.7 Å². The van der Waals surface area contributed by atoms with Crippen LogP contribution in [0.5, 0.6) is 0 Å². The van der Waals surface area contributed by atoms with Crippen molar-refractivity contribution in [3.05, 3.63) is 35.9 Å². The van der Waals surface area contributed by atoms with Crippen LogP contribution in [0, 0.1) is 11.8 Å². The van der Waals surface area contributed by atoms with Gasteiger partial charge in [0.15, 0.2) is 0 Å². The highest BCUT2D eigenvalue weighted by Gasteiger charge is 2.39. The van der Waals surface area contributed by atoms with Crippen LogP contribution in [0.2, 0.25) is 0 Å². The zero-order valence-electron chi connectivity index (χ0n) is 32.9. The summed E-state index contributed by atoms with van der Waals surface area (Å²) < 4.78 is 0. The van der Waals surface area contributed by atoms with E-state index < -0.39 is 120 Å². The number of rotatable bonds is 20. The molecule has 0 saturated carbocycles. The summed E-state index contributed by atoms with van der Waals surface area (Å²) in [6.45, 7) is 9.96. The molecule has 7 amide bonds. The van der Waals surface area contributed by atoms with Crippen molar-refractivity contribution < 1.29 is 53.7 Å². The summed E-state index contributed by atoms with van der Waals surface area (Å²) >= 11 is 0. The topological polar surface area (TPSA) is 299 Å². The van der Waals surface area contributed by atoms with Gasteiger partial charge in [0, 0.05) is 13.0 Å². The zero-order chi connectivity index (χ0) is 42.4. The molecule has 1 aliphatic heterocycles. The Morgan fingerprint density at radius 2 is 1.25 bits per heavy atom. The van der Waals surface area contributed by atoms with Crippen molar-refractivity contribution in [1.29, 1.82) is 0 Å². The van der Waals surface area contributed by atoms with Gasteiger partial charge in [-0.05, 0) is 51.0 Å². The number of nitrogens with zero attached hydrogens (tertiary/aromatic N) is 1. The number of hydrogen-bond acceptors (Lipinski definition) is 11. The van der Waals surface area contributed by atoms with E-state index in [-0.39, 0.29) is 19.4 Å². The molecule has 1 aliphatic rings. The lowest BCUT2D eigenvalue weighted by Gasteiger charge is -2.30. The molecule has 19 heteroatoms. The number of nitrogens with one attached hydrogen (secondary N) is 6. The van der Waals surface area contributed by atoms with E-state index in [2.05, 4.69) is 31.9 Å². The molecule has 0 unspecified atom stereocenters. The third-order valence-corrected chi connectivity index (χ3v) is 9.35. The Kier molecular flexibility index (Phi) is 18.3. The summed E-state index contributed by atoms with van der Waals surface area (Å²) in [5.41, 5.74) is 6.33. The van der Waals surface area contributed by atoms with Crippen molar-refractivity contribution in [2.75, 3.05) is 13.2 Å². The quantitative estimate of drug-likeness (QED) is 0.0644. The summed E-state index contributed by atoms with van der Waals surface area (Å²) in [7, 11) is 0. The Bertz CT molecular complexity index is 1560. The molecule has 0 aromatic heterocycles. The number of aliphatic hydroxyl groups is 2. The van der Waals surface area contributed by atoms with Gasteiger partial charge in [-0.15, -0.1) is 0 Å². The van der Waals surface area contributed by atoms with Gasteiger partial charge in [-0.1, -0.05) is 58.0 Å². The van der Waals surface area contributed by atoms with E-state index in [1.54, 1.807) is 58.0 Å². The molecule has 1 heterocycles. The first-order chi connectivity index (χ1) is 26.2. The zero-order valence-corrected chi connectivity index (χ0v) is 32.9. The van der Waals surface area contributed by atoms with E-state index in [1.165, 1.54) is 25.7 Å². The van der Waals surface area contributed by atoms with Gasteiger partial charge < -0.3 is 57.9 Å². The van der Waals surface area contributed by atoms with Crippen LogP contribution in [0.25, 0.3) is 0 Å². The Labute approximate surface area is 326 Å². The second-order valence-electron chi connectivity index (χ2n) is 14.7. The maximum absolute atomic E-state index is 13.5. The number of amides is 7.